The normalized spacial score (nSPS) is 14.9. The van der Waals surface area contributed by atoms with E-state index in [-0.39, 0.29) is 18.8 Å². The molecule has 0 spiro atoms. The van der Waals surface area contributed by atoms with Gasteiger partial charge in [0.2, 0.25) is 0 Å². The van der Waals surface area contributed by atoms with Gasteiger partial charge in [-0.2, -0.15) is 0 Å². The Balaban J connectivity index is 1.53. The van der Waals surface area contributed by atoms with Gasteiger partial charge in [0, 0.05) is 25.2 Å². The number of nitrogens with zero attached hydrogens (tertiary/aromatic N) is 2. The van der Waals surface area contributed by atoms with Crippen LogP contribution in [0, 0.1) is 5.41 Å². The molecule has 0 bridgehead atoms. The van der Waals surface area contributed by atoms with E-state index in [1.54, 1.807) is 48.5 Å². The molecule has 0 saturated carbocycles. The fourth-order valence-corrected chi connectivity index (χ4v) is 3.63. The second-order valence-corrected chi connectivity index (χ2v) is 7.46. The molecule has 1 aliphatic rings. The van der Waals surface area contributed by atoms with Crippen molar-refractivity contribution in [3.05, 3.63) is 65.7 Å². The number of nitrogen functional groups attached to an aromatic ring is 1. The SMILES string of the molecule is N=C(N)c1ccc(OCCCN2CCN([C@@H](CC(=O)O)c3ccccc3)C(=O)C2=O)cc1. The third kappa shape index (κ3) is 5.63. The number of rotatable bonds is 10. The Hall–Kier alpha value is -3.88. The Morgan fingerprint density at radius 3 is 2.38 bits per heavy atom. The van der Waals surface area contributed by atoms with Crippen LogP contribution in [-0.2, 0) is 14.4 Å². The molecule has 1 heterocycles. The Morgan fingerprint density at radius 2 is 1.75 bits per heavy atom. The molecule has 0 aromatic heterocycles. The van der Waals surface area contributed by atoms with Crippen molar-refractivity contribution in [1.29, 1.82) is 5.41 Å². The molecule has 1 saturated heterocycles. The summed E-state index contributed by atoms with van der Waals surface area (Å²) in [6.45, 7) is 1.32. The van der Waals surface area contributed by atoms with Crippen molar-refractivity contribution in [2.75, 3.05) is 26.2 Å². The van der Waals surface area contributed by atoms with E-state index < -0.39 is 23.8 Å². The van der Waals surface area contributed by atoms with Crippen LogP contribution in [0.1, 0.15) is 30.0 Å². The van der Waals surface area contributed by atoms with Crippen LogP contribution in [0.2, 0.25) is 0 Å². The van der Waals surface area contributed by atoms with Crippen molar-refractivity contribution in [3.63, 3.8) is 0 Å². The van der Waals surface area contributed by atoms with Gasteiger partial charge in [-0.05, 0) is 36.2 Å². The highest BCUT2D eigenvalue weighted by atomic mass is 16.5. The largest absolute Gasteiger partial charge is 0.494 e. The molecule has 2 aromatic rings. The molecule has 32 heavy (non-hydrogen) atoms. The second kappa shape index (κ2) is 10.4. The molecule has 0 unspecified atom stereocenters. The van der Waals surface area contributed by atoms with Crippen LogP contribution in [0.3, 0.4) is 0 Å². The van der Waals surface area contributed by atoms with Crippen molar-refractivity contribution in [2.45, 2.75) is 18.9 Å². The molecule has 168 valence electrons. The Labute approximate surface area is 185 Å². The maximum Gasteiger partial charge on any atom is 0.312 e. The van der Waals surface area contributed by atoms with Crippen molar-refractivity contribution < 1.29 is 24.2 Å². The van der Waals surface area contributed by atoms with E-state index in [1.165, 1.54) is 9.80 Å². The minimum Gasteiger partial charge on any atom is -0.494 e. The number of carbonyl (C=O) groups is 3. The van der Waals surface area contributed by atoms with Crippen molar-refractivity contribution in [3.8, 4) is 5.75 Å². The zero-order valence-electron chi connectivity index (χ0n) is 17.6. The molecule has 1 fully saturated rings. The first-order chi connectivity index (χ1) is 15.4. The monoisotopic (exact) mass is 438 g/mol. The van der Waals surface area contributed by atoms with Crippen LogP contribution in [0.5, 0.6) is 5.75 Å². The summed E-state index contributed by atoms with van der Waals surface area (Å²) in [7, 11) is 0. The number of amidine groups is 1. The first-order valence-electron chi connectivity index (χ1n) is 10.3. The minimum absolute atomic E-state index is 0.0169. The summed E-state index contributed by atoms with van der Waals surface area (Å²) in [6.07, 6.45) is 0.268. The predicted octanol–water partition coefficient (Wildman–Crippen LogP) is 1.63. The molecule has 4 N–H and O–H groups in total. The van der Waals surface area contributed by atoms with E-state index in [4.69, 9.17) is 15.9 Å². The molecular weight excluding hydrogens is 412 g/mol. The van der Waals surface area contributed by atoms with Gasteiger partial charge in [0.15, 0.2) is 0 Å². The highest BCUT2D eigenvalue weighted by Crippen LogP contribution is 2.26. The van der Waals surface area contributed by atoms with Crippen LogP contribution >= 0.6 is 0 Å². The first kappa shape index (κ1) is 22.8. The second-order valence-electron chi connectivity index (χ2n) is 7.46. The maximum atomic E-state index is 12.8. The fraction of sp³-hybridized carbons (Fsp3) is 0.304. The predicted molar refractivity (Wildman–Crippen MR) is 117 cm³/mol. The van der Waals surface area contributed by atoms with E-state index in [1.807, 2.05) is 6.07 Å². The van der Waals surface area contributed by atoms with Crippen LogP contribution in [-0.4, -0.2) is 64.8 Å². The average molecular weight is 438 g/mol. The molecule has 1 atom stereocenters. The lowest BCUT2D eigenvalue weighted by Crippen LogP contribution is -2.55. The van der Waals surface area contributed by atoms with E-state index in [9.17, 15) is 19.5 Å². The molecule has 0 radical (unpaired) electrons. The fourth-order valence-electron chi connectivity index (χ4n) is 3.63. The quantitative estimate of drug-likeness (QED) is 0.223. The number of benzene rings is 2. The van der Waals surface area contributed by atoms with Gasteiger partial charge in [0.1, 0.15) is 11.6 Å². The number of carbonyl (C=O) groups excluding carboxylic acids is 2. The Morgan fingerprint density at radius 1 is 1.06 bits per heavy atom. The molecule has 1 aliphatic heterocycles. The lowest BCUT2D eigenvalue weighted by molar-refractivity contribution is -0.159. The summed E-state index contributed by atoms with van der Waals surface area (Å²) in [4.78, 5) is 39.6. The lowest BCUT2D eigenvalue weighted by Gasteiger charge is -2.38. The number of ether oxygens (including phenoxy) is 1. The molecular formula is C23H26N4O5. The first-order valence-corrected chi connectivity index (χ1v) is 10.3. The van der Waals surface area contributed by atoms with Gasteiger partial charge in [-0.15, -0.1) is 0 Å². The minimum atomic E-state index is -1.03. The summed E-state index contributed by atoms with van der Waals surface area (Å²) >= 11 is 0. The number of hydrogen-bond donors (Lipinski definition) is 3. The van der Waals surface area contributed by atoms with Gasteiger partial charge in [0.25, 0.3) is 0 Å². The molecule has 3 rings (SSSR count). The van der Waals surface area contributed by atoms with E-state index in [0.717, 1.165) is 0 Å². The molecule has 9 heteroatoms. The number of nitrogens with one attached hydrogen (secondary N) is 1. The Bertz CT molecular complexity index is 978. The molecule has 2 amide bonds. The van der Waals surface area contributed by atoms with Crippen molar-refractivity contribution in [1.82, 2.24) is 9.80 Å². The number of piperazine rings is 1. The van der Waals surface area contributed by atoms with E-state index in [0.29, 0.717) is 43.0 Å². The Kier molecular flexibility index (Phi) is 7.43. The molecule has 9 nitrogen and oxygen atoms in total. The summed E-state index contributed by atoms with van der Waals surface area (Å²) in [5.74, 6) is -1.74. The van der Waals surface area contributed by atoms with Gasteiger partial charge in [-0.1, -0.05) is 30.3 Å². The summed E-state index contributed by atoms with van der Waals surface area (Å²) in [5.41, 5.74) is 6.72. The summed E-state index contributed by atoms with van der Waals surface area (Å²) in [5, 5.41) is 16.7. The molecule has 0 aliphatic carbocycles. The zero-order valence-corrected chi connectivity index (χ0v) is 17.6. The van der Waals surface area contributed by atoms with Crippen molar-refractivity contribution in [2.24, 2.45) is 5.73 Å². The number of carboxylic acid groups (broad SMARTS) is 1. The van der Waals surface area contributed by atoms with Gasteiger partial charge >= 0.3 is 17.8 Å². The summed E-state index contributed by atoms with van der Waals surface area (Å²) in [6, 6.07) is 15.0. The van der Waals surface area contributed by atoms with Crippen LogP contribution in [0.25, 0.3) is 0 Å². The topological polar surface area (TPSA) is 137 Å². The van der Waals surface area contributed by atoms with Crippen LogP contribution in [0.4, 0.5) is 0 Å². The van der Waals surface area contributed by atoms with Crippen LogP contribution in [0.15, 0.2) is 54.6 Å². The van der Waals surface area contributed by atoms with Crippen molar-refractivity contribution >= 4 is 23.6 Å². The number of aliphatic carboxylic acids is 1. The smallest absolute Gasteiger partial charge is 0.312 e. The average Bonchev–Trinajstić information content (AvgIpc) is 2.79. The third-order valence-corrected chi connectivity index (χ3v) is 5.28. The highest BCUT2D eigenvalue weighted by molar-refractivity contribution is 6.35. The number of nitrogens with two attached hydrogens (primary N) is 1. The number of hydrogen-bond acceptors (Lipinski definition) is 5. The third-order valence-electron chi connectivity index (χ3n) is 5.28. The van der Waals surface area contributed by atoms with Gasteiger partial charge in [-0.25, -0.2) is 0 Å². The maximum absolute atomic E-state index is 12.8. The number of carboxylic acids is 1. The van der Waals surface area contributed by atoms with E-state index >= 15 is 0 Å². The standard InChI is InChI=1S/C23H26N4O5/c24-21(25)17-7-9-18(10-8-17)32-14-4-11-26-12-13-27(23(31)22(26)30)19(15-20(28)29)16-5-2-1-3-6-16/h1-3,5-10,19H,4,11-15H2,(H3,24,25)(H,28,29)/t19-/m0/s1. The zero-order chi connectivity index (χ0) is 23.1. The molecule has 2 aromatic carbocycles. The highest BCUT2D eigenvalue weighted by Gasteiger charge is 2.37. The van der Waals surface area contributed by atoms with Gasteiger partial charge in [0.05, 0.1) is 19.1 Å². The number of amides is 2. The lowest BCUT2D eigenvalue weighted by atomic mass is 10.0. The van der Waals surface area contributed by atoms with E-state index in [2.05, 4.69) is 0 Å². The van der Waals surface area contributed by atoms with Gasteiger partial charge in [-0.3, -0.25) is 19.8 Å². The summed E-state index contributed by atoms with van der Waals surface area (Å²) < 4.78 is 5.64. The van der Waals surface area contributed by atoms with Gasteiger partial charge < -0.3 is 25.4 Å². The van der Waals surface area contributed by atoms with Crippen LogP contribution < -0.4 is 10.5 Å².